The first-order chi connectivity index (χ1) is 14.2. The standard InChI is InChI=1S/C21H34N4O4.HI/c1-2-27-21(26)25-12-9-17(10-13-25)24-20(22-11-8-18-7-5-15-28-18)23-16-19-6-3-4-14-29-19;/h5,7,15,17,19H,2-4,6,8-14,16H2,1H3,(H2,22,23,24);1H. The third-order valence-electron chi connectivity index (χ3n) is 5.33. The number of guanidine groups is 1. The highest BCUT2D eigenvalue weighted by Crippen LogP contribution is 2.14. The average molecular weight is 534 g/mol. The smallest absolute Gasteiger partial charge is 0.409 e. The molecule has 9 heteroatoms. The largest absolute Gasteiger partial charge is 0.469 e. The molecule has 0 radical (unpaired) electrons. The van der Waals surface area contributed by atoms with Crippen LogP contribution in [0.5, 0.6) is 0 Å². The molecule has 0 aromatic carbocycles. The first-order valence-corrected chi connectivity index (χ1v) is 10.8. The Hall–Kier alpha value is -1.49. The zero-order valence-corrected chi connectivity index (χ0v) is 20.1. The molecule has 0 saturated carbocycles. The second-order valence-corrected chi connectivity index (χ2v) is 7.54. The van der Waals surface area contributed by atoms with Crippen LogP contribution in [-0.4, -0.2) is 68.5 Å². The number of furan rings is 1. The summed E-state index contributed by atoms with van der Waals surface area (Å²) in [7, 11) is 0. The molecule has 1 aromatic rings. The van der Waals surface area contributed by atoms with Gasteiger partial charge in [0.25, 0.3) is 0 Å². The lowest BCUT2D eigenvalue weighted by molar-refractivity contribution is 0.0224. The fourth-order valence-corrected chi connectivity index (χ4v) is 3.67. The van der Waals surface area contributed by atoms with Gasteiger partial charge in [-0.15, -0.1) is 24.0 Å². The van der Waals surface area contributed by atoms with Crippen molar-refractivity contribution in [2.75, 3.05) is 39.4 Å². The number of carbonyl (C=O) groups excluding carboxylic acids is 1. The van der Waals surface area contributed by atoms with E-state index >= 15 is 0 Å². The third-order valence-corrected chi connectivity index (χ3v) is 5.33. The summed E-state index contributed by atoms with van der Waals surface area (Å²) in [5, 5.41) is 6.96. The summed E-state index contributed by atoms with van der Waals surface area (Å²) in [5.41, 5.74) is 0. The number of amides is 1. The molecule has 170 valence electrons. The van der Waals surface area contributed by atoms with E-state index in [1.165, 1.54) is 6.42 Å². The van der Waals surface area contributed by atoms with Gasteiger partial charge in [-0.3, -0.25) is 4.99 Å². The van der Waals surface area contributed by atoms with Crippen LogP contribution < -0.4 is 10.6 Å². The van der Waals surface area contributed by atoms with Crippen LogP contribution in [0.15, 0.2) is 27.8 Å². The number of hydrogen-bond acceptors (Lipinski definition) is 5. The number of likely N-dealkylation sites (tertiary alicyclic amines) is 1. The van der Waals surface area contributed by atoms with Crippen LogP contribution in [0, 0.1) is 0 Å². The van der Waals surface area contributed by atoms with Crippen LogP contribution in [0.25, 0.3) is 0 Å². The quantitative estimate of drug-likeness (QED) is 0.318. The first kappa shape index (κ1) is 24.8. The summed E-state index contributed by atoms with van der Waals surface area (Å²) in [6.45, 7) is 5.88. The maximum atomic E-state index is 11.9. The fraction of sp³-hybridized carbons (Fsp3) is 0.714. The van der Waals surface area contributed by atoms with E-state index < -0.39 is 0 Å². The number of nitrogens with one attached hydrogen (secondary N) is 2. The zero-order valence-electron chi connectivity index (χ0n) is 17.8. The highest BCUT2D eigenvalue weighted by molar-refractivity contribution is 14.0. The Morgan fingerprint density at radius 2 is 2.13 bits per heavy atom. The number of ether oxygens (including phenoxy) is 2. The lowest BCUT2D eigenvalue weighted by Gasteiger charge is -2.32. The molecule has 0 bridgehead atoms. The topological polar surface area (TPSA) is 88.3 Å². The van der Waals surface area contributed by atoms with E-state index in [-0.39, 0.29) is 42.2 Å². The lowest BCUT2D eigenvalue weighted by Crippen LogP contribution is -2.50. The summed E-state index contributed by atoms with van der Waals surface area (Å²) < 4.78 is 16.3. The predicted octanol–water partition coefficient (Wildman–Crippen LogP) is 3.17. The first-order valence-electron chi connectivity index (χ1n) is 10.8. The number of piperidine rings is 1. The van der Waals surface area contributed by atoms with Gasteiger partial charge in [0, 0.05) is 38.7 Å². The number of carbonyl (C=O) groups is 1. The van der Waals surface area contributed by atoms with Crippen molar-refractivity contribution in [2.24, 2.45) is 4.99 Å². The van der Waals surface area contributed by atoms with Crippen molar-refractivity contribution >= 4 is 36.0 Å². The fourth-order valence-electron chi connectivity index (χ4n) is 3.67. The molecule has 30 heavy (non-hydrogen) atoms. The SMILES string of the molecule is CCOC(=O)N1CCC(NC(=NCC2CCCCO2)NCCc2ccco2)CC1.I. The molecular weight excluding hydrogens is 499 g/mol. The Morgan fingerprint density at radius 1 is 1.30 bits per heavy atom. The Kier molecular flexibility index (Phi) is 11.3. The highest BCUT2D eigenvalue weighted by Gasteiger charge is 2.24. The van der Waals surface area contributed by atoms with Crippen molar-refractivity contribution < 1.29 is 18.7 Å². The van der Waals surface area contributed by atoms with Gasteiger partial charge in [0.15, 0.2) is 5.96 Å². The van der Waals surface area contributed by atoms with E-state index in [1.807, 2.05) is 19.1 Å². The molecule has 1 unspecified atom stereocenters. The van der Waals surface area contributed by atoms with E-state index in [0.29, 0.717) is 26.2 Å². The van der Waals surface area contributed by atoms with Gasteiger partial charge in [-0.1, -0.05) is 0 Å². The molecule has 1 aromatic heterocycles. The van der Waals surface area contributed by atoms with Gasteiger partial charge in [0.1, 0.15) is 5.76 Å². The monoisotopic (exact) mass is 534 g/mol. The van der Waals surface area contributed by atoms with Gasteiger partial charge in [0.2, 0.25) is 0 Å². The molecular formula is C21H35IN4O4. The Bertz CT molecular complexity index is 627. The van der Waals surface area contributed by atoms with Crippen molar-refractivity contribution in [3.63, 3.8) is 0 Å². The number of halogens is 1. The summed E-state index contributed by atoms with van der Waals surface area (Å²) in [5.74, 6) is 1.76. The van der Waals surface area contributed by atoms with E-state index in [1.54, 1.807) is 11.2 Å². The average Bonchev–Trinajstić information content (AvgIpc) is 3.27. The van der Waals surface area contributed by atoms with E-state index in [9.17, 15) is 4.79 Å². The maximum absolute atomic E-state index is 11.9. The summed E-state index contributed by atoms with van der Waals surface area (Å²) in [6.07, 6.45) is 7.66. The van der Waals surface area contributed by atoms with Crippen molar-refractivity contribution in [3.05, 3.63) is 24.2 Å². The van der Waals surface area contributed by atoms with Gasteiger partial charge in [0.05, 0.1) is 25.5 Å². The molecule has 2 aliphatic heterocycles. The van der Waals surface area contributed by atoms with E-state index in [4.69, 9.17) is 18.9 Å². The summed E-state index contributed by atoms with van der Waals surface area (Å²) in [6, 6.07) is 4.16. The molecule has 1 amide bonds. The minimum atomic E-state index is -0.217. The maximum Gasteiger partial charge on any atom is 0.409 e. The zero-order chi connectivity index (χ0) is 20.3. The van der Waals surface area contributed by atoms with Crippen molar-refractivity contribution in [3.8, 4) is 0 Å². The van der Waals surface area contributed by atoms with Crippen molar-refractivity contribution in [1.29, 1.82) is 0 Å². The van der Waals surface area contributed by atoms with Crippen LogP contribution in [-0.2, 0) is 15.9 Å². The molecule has 3 rings (SSSR count). The molecule has 1 atom stereocenters. The molecule has 2 fully saturated rings. The minimum Gasteiger partial charge on any atom is -0.469 e. The number of rotatable bonds is 7. The van der Waals surface area contributed by atoms with Gasteiger partial charge < -0.3 is 29.4 Å². The highest BCUT2D eigenvalue weighted by atomic mass is 127. The van der Waals surface area contributed by atoms with Crippen LogP contribution in [0.1, 0.15) is 44.8 Å². The van der Waals surface area contributed by atoms with Gasteiger partial charge in [-0.05, 0) is 51.2 Å². The second-order valence-electron chi connectivity index (χ2n) is 7.54. The van der Waals surface area contributed by atoms with E-state index in [2.05, 4.69) is 10.6 Å². The Balaban J connectivity index is 0.00000320. The van der Waals surface area contributed by atoms with Crippen LogP contribution in [0.3, 0.4) is 0 Å². The number of nitrogens with zero attached hydrogens (tertiary/aromatic N) is 2. The number of aliphatic imine (C=N–C) groups is 1. The minimum absolute atomic E-state index is 0. The number of hydrogen-bond donors (Lipinski definition) is 2. The molecule has 3 heterocycles. The van der Waals surface area contributed by atoms with Crippen molar-refractivity contribution in [1.82, 2.24) is 15.5 Å². The third kappa shape index (κ3) is 8.33. The van der Waals surface area contributed by atoms with Crippen molar-refractivity contribution in [2.45, 2.75) is 57.6 Å². The molecule has 2 saturated heterocycles. The molecule has 0 spiro atoms. The van der Waals surface area contributed by atoms with E-state index in [0.717, 1.165) is 57.0 Å². The molecule has 2 N–H and O–H groups in total. The normalized spacial score (nSPS) is 20.4. The summed E-state index contributed by atoms with van der Waals surface area (Å²) >= 11 is 0. The van der Waals surface area contributed by atoms with Gasteiger partial charge in [-0.25, -0.2) is 4.79 Å². The Labute approximate surface area is 196 Å². The van der Waals surface area contributed by atoms with Gasteiger partial charge >= 0.3 is 6.09 Å². The summed E-state index contributed by atoms with van der Waals surface area (Å²) in [4.78, 5) is 18.4. The van der Waals surface area contributed by atoms with Gasteiger partial charge in [-0.2, -0.15) is 0 Å². The molecule has 2 aliphatic rings. The van der Waals surface area contributed by atoms with Crippen LogP contribution >= 0.6 is 24.0 Å². The second kappa shape index (κ2) is 13.7. The van der Waals surface area contributed by atoms with Crippen LogP contribution in [0.4, 0.5) is 4.79 Å². The predicted molar refractivity (Wildman–Crippen MR) is 126 cm³/mol. The molecule has 8 nitrogen and oxygen atoms in total. The Morgan fingerprint density at radius 3 is 2.80 bits per heavy atom. The lowest BCUT2D eigenvalue weighted by atomic mass is 10.1. The van der Waals surface area contributed by atoms with Crippen LogP contribution in [0.2, 0.25) is 0 Å². The molecule has 0 aliphatic carbocycles.